The van der Waals surface area contributed by atoms with Crippen molar-refractivity contribution in [2.45, 2.75) is 19.9 Å². The molecule has 7 nitrogen and oxygen atoms in total. The van der Waals surface area contributed by atoms with E-state index >= 15 is 0 Å². The highest BCUT2D eigenvalue weighted by Gasteiger charge is 2.29. The number of anilines is 1. The minimum Gasteiger partial charge on any atom is -0.484 e. The van der Waals surface area contributed by atoms with Gasteiger partial charge in [0.05, 0.1) is 16.8 Å². The second-order valence-electron chi connectivity index (χ2n) is 8.30. The summed E-state index contributed by atoms with van der Waals surface area (Å²) in [6, 6.07) is 19.4. The number of Topliss-reactive ketones (excluding diaryl/α,β-unsaturated/α-hetero) is 1. The molecule has 1 unspecified atom stereocenters. The fourth-order valence-electron chi connectivity index (χ4n) is 3.75. The average Bonchev–Trinajstić information content (AvgIpc) is 2.85. The number of amides is 2. The van der Waals surface area contributed by atoms with E-state index in [1.54, 1.807) is 30.3 Å². The standard InChI is InChI=1S/C27H25ClN2O5/c1-17-8-10-24(21(28)12-17)34-15-23(31)20-9-11-25-22(13-20)30(27(33)16-35-25)14-26(32)29-18(2)19-6-4-3-5-7-19/h3-13,18H,14-16H2,1-2H3,(H,29,32). The fraction of sp³-hybridized carbons (Fsp3) is 0.222. The van der Waals surface area contributed by atoms with Crippen molar-refractivity contribution in [3.8, 4) is 11.5 Å². The van der Waals surface area contributed by atoms with Crippen LogP contribution in [0.2, 0.25) is 5.02 Å². The van der Waals surface area contributed by atoms with Crippen LogP contribution in [0.5, 0.6) is 11.5 Å². The minimum absolute atomic E-state index is 0.184. The van der Waals surface area contributed by atoms with Crippen LogP contribution < -0.4 is 19.7 Å². The van der Waals surface area contributed by atoms with Gasteiger partial charge in [0.25, 0.3) is 5.91 Å². The molecule has 0 bridgehead atoms. The number of carbonyl (C=O) groups excluding carboxylic acids is 3. The smallest absolute Gasteiger partial charge is 0.265 e. The van der Waals surface area contributed by atoms with Crippen molar-refractivity contribution in [2.24, 2.45) is 0 Å². The van der Waals surface area contributed by atoms with Crippen molar-refractivity contribution in [3.63, 3.8) is 0 Å². The van der Waals surface area contributed by atoms with E-state index in [-0.39, 0.29) is 43.4 Å². The highest BCUT2D eigenvalue weighted by molar-refractivity contribution is 6.32. The van der Waals surface area contributed by atoms with Crippen LogP contribution in [0.4, 0.5) is 5.69 Å². The van der Waals surface area contributed by atoms with Gasteiger partial charge in [-0.2, -0.15) is 0 Å². The first-order valence-corrected chi connectivity index (χ1v) is 11.5. The summed E-state index contributed by atoms with van der Waals surface area (Å²) in [7, 11) is 0. The first-order chi connectivity index (χ1) is 16.8. The Morgan fingerprint density at radius 1 is 1.11 bits per heavy atom. The zero-order chi connectivity index (χ0) is 24.9. The van der Waals surface area contributed by atoms with E-state index < -0.39 is 0 Å². The molecule has 3 aromatic rings. The zero-order valence-corrected chi connectivity index (χ0v) is 20.2. The molecule has 0 aliphatic carbocycles. The molecular formula is C27H25ClN2O5. The van der Waals surface area contributed by atoms with Gasteiger partial charge in [-0.3, -0.25) is 19.3 Å². The summed E-state index contributed by atoms with van der Waals surface area (Å²) in [5, 5.41) is 3.33. The molecule has 8 heteroatoms. The molecule has 1 atom stereocenters. The molecule has 180 valence electrons. The van der Waals surface area contributed by atoms with E-state index in [4.69, 9.17) is 21.1 Å². The number of nitrogens with zero attached hydrogens (tertiary/aromatic N) is 1. The SMILES string of the molecule is Cc1ccc(OCC(=O)c2ccc3c(c2)N(CC(=O)NC(C)c2ccccc2)C(=O)CO3)c(Cl)c1. The van der Waals surface area contributed by atoms with E-state index in [9.17, 15) is 14.4 Å². The Hall–Kier alpha value is -3.84. The second-order valence-corrected chi connectivity index (χ2v) is 8.70. The van der Waals surface area contributed by atoms with Crippen molar-refractivity contribution in [1.82, 2.24) is 5.32 Å². The van der Waals surface area contributed by atoms with Gasteiger partial charge in [-0.25, -0.2) is 0 Å². The lowest BCUT2D eigenvalue weighted by molar-refractivity contribution is -0.125. The largest absolute Gasteiger partial charge is 0.484 e. The number of benzene rings is 3. The number of ether oxygens (including phenoxy) is 2. The quantitative estimate of drug-likeness (QED) is 0.467. The fourth-order valence-corrected chi connectivity index (χ4v) is 4.04. The Labute approximate surface area is 208 Å². The highest BCUT2D eigenvalue weighted by atomic mass is 35.5. The van der Waals surface area contributed by atoms with Gasteiger partial charge in [-0.1, -0.05) is 48.0 Å². The number of fused-ring (bicyclic) bond motifs is 1. The maximum absolute atomic E-state index is 12.8. The summed E-state index contributed by atoms with van der Waals surface area (Å²) < 4.78 is 11.1. The Morgan fingerprint density at radius 2 is 1.89 bits per heavy atom. The van der Waals surface area contributed by atoms with Gasteiger partial charge in [-0.15, -0.1) is 0 Å². The van der Waals surface area contributed by atoms with E-state index in [1.807, 2.05) is 50.2 Å². The van der Waals surface area contributed by atoms with Crippen LogP contribution in [-0.2, 0) is 9.59 Å². The van der Waals surface area contributed by atoms with Crippen molar-refractivity contribution in [2.75, 3.05) is 24.7 Å². The summed E-state index contributed by atoms with van der Waals surface area (Å²) in [6.07, 6.45) is 0. The maximum atomic E-state index is 12.8. The molecule has 3 aromatic carbocycles. The van der Waals surface area contributed by atoms with Crippen molar-refractivity contribution in [1.29, 1.82) is 0 Å². The lowest BCUT2D eigenvalue weighted by atomic mass is 10.1. The molecule has 1 aliphatic heterocycles. The summed E-state index contributed by atoms with van der Waals surface area (Å²) in [5.74, 6) is -0.158. The topological polar surface area (TPSA) is 84.9 Å². The monoisotopic (exact) mass is 492 g/mol. The van der Waals surface area contributed by atoms with Crippen molar-refractivity contribution < 1.29 is 23.9 Å². The van der Waals surface area contributed by atoms with Gasteiger partial charge in [0.1, 0.15) is 18.0 Å². The minimum atomic E-state index is -0.368. The third kappa shape index (κ3) is 5.81. The van der Waals surface area contributed by atoms with E-state index in [0.717, 1.165) is 11.1 Å². The molecule has 1 heterocycles. The predicted molar refractivity (Wildman–Crippen MR) is 133 cm³/mol. The van der Waals surface area contributed by atoms with Crippen molar-refractivity contribution >= 4 is 34.9 Å². The van der Waals surface area contributed by atoms with Crippen LogP contribution in [0.1, 0.15) is 34.5 Å². The molecule has 0 radical (unpaired) electrons. The van der Waals surface area contributed by atoms with E-state index in [0.29, 0.717) is 27.8 Å². The van der Waals surface area contributed by atoms with Crippen LogP contribution in [0.15, 0.2) is 66.7 Å². The van der Waals surface area contributed by atoms with Crippen LogP contribution in [0.25, 0.3) is 0 Å². The van der Waals surface area contributed by atoms with E-state index in [1.165, 1.54) is 4.90 Å². The first-order valence-electron chi connectivity index (χ1n) is 11.2. The number of aryl methyl sites for hydroxylation is 1. The molecule has 0 fully saturated rings. The van der Waals surface area contributed by atoms with Gasteiger partial charge >= 0.3 is 0 Å². The molecule has 1 aliphatic rings. The maximum Gasteiger partial charge on any atom is 0.265 e. The first kappa shape index (κ1) is 24.3. The zero-order valence-electron chi connectivity index (χ0n) is 19.4. The van der Waals surface area contributed by atoms with Crippen LogP contribution >= 0.6 is 11.6 Å². The molecule has 0 aromatic heterocycles. The Morgan fingerprint density at radius 3 is 2.63 bits per heavy atom. The Kier molecular flexibility index (Phi) is 7.36. The normalized spacial score (nSPS) is 13.5. The molecule has 0 saturated carbocycles. The number of halogens is 1. The van der Waals surface area contributed by atoms with Gasteiger partial charge in [-0.05, 0) is 55.3 Å². The third-order valence-corrected chi connectivity index (χ3v) is 5.94. The van der Waals surface area contributed by atoms with Crippen molar-refractivity contribution in [3.05, 3.63) is 88.4 Å². The lowest BCUT2D eigenvalue weighted by Crippen LogP contribution is -2.45. The summed E-state index contributed by atoms with van der Waals surface area (Å²) in [6.45, 7) is 3.17. The van der Waals surface area contributed by atoms with Gasteiger partial charge in [0.15, 0.2) is 19.0 Å². The molecule has 0 saturated heterocycles. The number of rotatable bonds is 8. The van der Waals surface area contributed by atoms with Gasteiger partial charge in [0, 0.05) is 5.56 Å². The van der Waals surface area contributed by atoms with Gasteiger partial charge < -0.3 is 14.8 Å². The summed E-state index contributed by atoms with van der Waals surface area (Å²) >= 11 is 6.18. The molecule has 2 amide bonds. The highest BCUT2D eigenvalue weighted by Crippen LogP contribution is 2.33. The average molecular weight is 493 g/mol. The summed E-state index contributed by atoms with van der Waals surface area (Å²) in [4.78, 5) is 39.5. The van der Waals surface area contributed by atoms with Crippen LogP contribution in [0.3, 0.4) is 0 Å². The molecular weight excluding hydrogens is 468 g/mol. The lowest BCUT2D eigenvalue weighted by Gasteiger charge is -2.29. The van der Waals surface area contributed by atoms with E-state index in [2.05, 4.69) is 5.32 Å². The van der Waals surface area contributed by atoms with Crippen LogP contribution in [0, 0.1) is 6.92 Å². The molecule has 0 spiro atoms. The summed E-state index contributed by atoms with van der Waals surface area (Å²) in [5.41, 5.74) is 2.63. The number of hydrogen-bond acceptors (Lipinski definition) is 5. The predicted octanol–water partition coefficient (Wildman–Crippen LogP) is 4.51. The second kappa shape index (κ2) is 10.6. The van der Waals surface area contributed by atoms with Gasteiger partial charge in [0.2, 0.25) is 5.91 Å². The number of hydrogen-bond donors (Lipinski definition) is 1. The molecule has 4 rings (SSSR count). The number of carbonyl (C=O) groups is 3. The number of ketones is 1. The molecule has 1 N–H and O–H groups in total. The van der Waals surface area contributed by atoms with Crippen LogP contribution in [-0.4, -0.2) is 37.4 Å². The molecule has 35 heavy (non-hydrogen) atoms. The Bertz CT molecular complexity index is 1260. The Balaban J connectivity index is 1.46. The number of nitrogens with one attached hydrogen (secondary N) is 1. The third-order valence-electron chi connectivity index (χ3n) is 5.65.